The van der Waals surface area contributed by atoms with Crippen LogP contribution >= 0.6 is 15.9 Å². The van der Waals surface area contributed by atoms with Crippen molar-refractivity contribution in [1.82, 2.24) is 5.32 Å². The third kappa shape index (κ3) is 3.25. The predicted octanol–water partition coefficient (Wildman–Crippen LogP) is 3.34. The molecule has 1 aliphatic carbocycles. The summed E-state index contributed by atoms with van der Waals surface area (Å²) in [6, 6.07) is 5.53. The first kappa shape index (κ1) is 13.4. The van der Waals surface area contributed by atoms with Gasteiger partial charge in [0.2, 0.25) is 0 Å². The van der Waals surface area contributed by atoms with Crippen LogP contribution in [0.1, 0.15) is 43.0 Å². The molecule has 0 radical (unpaired) electrons. The number of nitrogens with one attached hydrogen (secondary N) is 1. The molecule has 1 aliphatic rings. The lowest BCUT2D eigenvalue weighted by molar-refractivity contribution is 0.0927. The van der Waals surface area contributed by atoms with E-state index in [0.717, 1.165) is 4.47 Å². The molecule has 98 valence electrons. The van der Waals surface area contributed by atoms with E-state index in [-0.39, 0.29) is 11.9 Å². The number of carbonyl (C=O) groups is 1. The average Bonchev–Trinajstić information content (AvgIpc) is 2.80. The molecule has 1 fully saturated rings. The van der Waals surface area contributed by atoms with Crippen LogP contribution in [0, 0.1) is 5.92 Å². The summed E-state index contributed by atoms with van der Waals surface area (Å²) < 4.78 is 0.834. The fourth-order valence-electron chi connectivity index (χ4n) is 2.61. The van der Waals surface area contributed by atoms with Gasteiger partial charge in [0.1, 0.15) is 0 Å². The number of amides is 1. The molecule has 0 heterocycles. The maximum absolute atomic E-state index is 12.1. The highest BCUT2D eigenvalue weighted by Crippen LogP contribution is 2.27. The van der Waals surface area contributed by atoms with E-state index < -0.39 is 0 Å². The molecule has 1 saturated carbocycles. The minimum Gasteiger partial charge on any atom is -0.399 e. The van der Waals surface area contributed by atoms with Crippen LogP contribution in [0.4, 0.5) is 5.69 Å². The average molecular weight is 311 g/mol. The summed E-state index contributed by atoms with van der Waals surface area (Å²) in [5, 5.41) is 3.08. The van der Waals surface area contributed by atoms with Crippen LogP contribution in [0.15, 0.2) is 22.7 Å². The molecule has 3 nitrogen and oxygen atoms in total. The van der Waals surface area contributed by atoms with E-state index in [1.54, 1.807) is 18.2 Å². The first-order valence-corrected chi connectivity index (χ1v) is 7.22. The number of carbonyl (C=O) groups excluding carboxylic acids is 1. The Balaban J connectivity index is 2.02. The Morgan fingerprint density at radius 3 is 2.67 bits per heavy atom. The second kappa shape index (κ2) is 5.74. The molecule has 0 aliphatic heterocycles. The molecule has 2 rings (SSSR count). The van der Waals surface area contributed by atoms with Crippen molar-refractivity contribution in [2.24, 2.45) is 5.92 Å². The molecule has 1 aromatic rings. The van der Waals surface area contributed by atoms with Gasteiger partial charge < -0.3 is 11.1 Å². The lowest BCUT2D eigenvalue weighted by atomic mass is 9.99. The molecule has 0 bridgehead atoms. The summed E-state index contributed by atoms with van der Waals surface area (Å²) >= 11 is 3.35. The van der Waals surface area contributed by atoms with E-state index in [4.69, 9.17) is 5.73 Å². The molecular weight excluding hydrogens is 292 g/mol. The standard InChI is InChI=1S/C14H19BrN2O/c1-9(10-4-2-3-5-10)17-14(18)11-6-12(15)8-13(16)7-11/h6-10H,2-5,16H2,1H3,(H,17,18). The fourth-order valence-corrected chi connectivity index (χ4v) is 3.12. The van der Waals surface area contributed by atoms with Gasteiger partial charge in [-0.1, -0.05) is 28.8 Å². The molecule has 4 heteroatoms. The smallest absolute Gasteiger partial charge is 0.251 e. The maximum Gasteiger partial charge on any atom is 0.251 e. The van der Waals surface area contributed by atoms with Crippen LogP contribution in [0.3, 0.4) is 0 Å². The zero-order valence-corrected chi connectivity index (χ0v) is 12.2. The SMILES string of the molecule is CC(NC(=O)c1cc(N)cc(Br)c1)C1CCCC1. The molecule has 1 atom stereocenters. The van der Waals surface area contributed by atoms with Crippen LogP contribution in [0.5, 0.6) is 0 Å². The van der Waals surface area contributed by atoms with Gasteiger partial charge in [-0.3, -0.25) is 4.79 Å². The summed E-state index contributed by atoms with van der Waals surface area (Å²) in [5.41, 5.74) is 6.96. The number of anilines is 1. The molecule has 1 unspecified atom stereocenters. The Bertz CT molecular complexity index is 421. The van der Waals surface area contributed by atoms with E-state index in [2.05, 4.69) is 28.2 Å². The van der Waals surface area contributed by atoms with Crippen molar-refractivity contribution in [2.45, 2.75) is 38.6 Å². The number of benzene rings is 1. The second-order valence-corrected chi connectivity index (χ2v) is 6.00. The summed E-state index contributed by atoms with van der Waals surface area (Å²) in [6.07, 6.45) is 5.02. The van der Waals surface area contributed by atoms with Crippen molar-refractivity contribution in [3.05, 3.63) is 28.2 Å². The summed E-state index contributed by atoms with van der Waals surface area (Å²) in [7, 11) is 0. The van der Waals surface area contributed by atoms with Gasteiger partial charge in [0.05, 0.1) is 0 Å². The molecule has 1 amide bonds. The van der Waals surface area contributed by atoms with Gasteiger partial charge in [-0.05, 0) is 43.9 Å². The third-order valence-electron chi connectivity index (χ3n) is 3.65. The molecule has 0 saturated heterocycles. The molecule has 1 aromatic carbocycles. The monoisotopic (exact) mass is 310 g/mol. The Morgan fingerprint density at radius 2 is 2.06 bits per heavy atom. The highest BCUT2D eigenvalue weighted by atomic mass is 79.9. The van der Waals surface area contributed by atoms with Crippen LogP contribution in [0.2, 0.25) is 0 Å². The highest BCUT2D eigenvalue weighted by Gasteiger charge is 2.23. The van der Waals surface area contributed by atoms with Crippen LogP contribution in [0.25, 0.3) is 0 Å². The predicted molar refractivity (Wildman–Crippen MR) is 77.4 cm³/mol. The van der Waals surface area contributed by atoms with Gasteiger partial charge in [-0.25, -0.2) is 0 Å². The number of nitrogens with two attached hydrogens (primary N) is 1. The number of nitrogen functional groups attached to an aromatic ring is 1. The zero-order valence-electron chi connectivity index (χ0n) is 10.6. The Kier molecular flexibility index (Phi) is 4.27. The zero-order chi connectivity index (χ0) is 13.1. The molecule has 18 heavy (non-hydrogen) atoms. The van der Waals surface area contributed by atoms with Crippen LogP contribution in [-0.2, 0) is 0 Å². The van der Waals surface area contributed by atoms with Crippen molar-refractivity contribution >= 4 is 27.5 Å². The van der Waals surface area contributed by atoms with Crippen LogP contribution < -0.4 is 11.1 Å². The molecule has 0 spiro atoms. The summed E-state index contributed by atoms with van der Waals surface area (Å²) in [4.78, 5) is 12.1. The third-order valence-corrected chi connectivity index (χ3v) is 4.11. The van der Waals surface area contributed by atoms with Gasteiger partial charge >= 0.3 is 0 Å². The van der Waals surface area contributed by atoms with Crippen molar-refractivity contribution in [3.8, 4) is 0 Å². The van der Waals surface area contributed by atoms with Crippen molar-refractivity contribution in [1.29, 1.82) is 0 Å². The number of hydrogen-bond acceptors (Lipinski definition) is 2. The minimum absolute atomic E-state index is 0.0394. The van der Waals surface area contributed by atoms with E-state index in [0.29, 0.717) is 17.2 Å². The first-order valence-electron chi connectivity index (χ1n) is 6.43. The lowest BCUT2D eigenvalue weighted by Gasteiger charge is -2.20. The van der Waals surface area contributed by atoms with Crippen molar-refractivity contribution in [2.75, 3.05) is 5.73 Å². The van der Waals surface area contributed by atoms with Gasteiger partial charge in [0.15, 0.2) is 0 Å². The largest absolute Gasteiger partial charge is 0.399 e. The Morgan fingerprint density at radius 1 is 1.39 bits per heavy atom. The van der Waals surface area contributed by atoms with Gasteiger partial charge in [-0.15, -0.1) is 0 Å². The minimum atomic E-state index is -0.0394. The topological polar surface area (TPSA) is 55.1 Å². The van der Waals surface area contributed by atoms with E-state index in [1.165, 1.54) is 25.7 Å². The second-order valence-electron chi connectivity index (χ2n) is 5.08. The Labute approximate surface area is 116 Å². The fraction of sp³-hybridized carbons (Fsp3) is 0.500. The number of hydrogen-bond donors (Lipinski definition) is 2. The summed E-state index contributed by atoms with van der Waals surface area (Å²) in [6.45, 7) is 2.09. The molecular formula is C14H19BrN2O. The number of halogens is 1. The normalized spacial score (nSPS) is 17.7. The molecule has 3 N–H and O–H groups in total. The summed E-state index contributed by atoms with van der Waals surface area (Å²) in [5.74, 6) is 0.584. The van der Waals surface area contributed by atoms with E-state index in [9.17, 15) is 4.79 Å². The van der Waals surface area contributed by atoms with E-state index >= 15 is 0 Å². The van der Waals surface area contributed by atoms with Gasteiger partial charge in [-0.2, -0.15) is 0 Å². The van der Waals surface area contributed by atoms with Crippen LogP contribution in [-0.4, -0.2) is 11.9 Å². The van der Waals surface area contributed by atoms with E-state index in [1.807, 2.05) is 0 Å². The highest BCUT2D eigenvalue weighted by molar-refractivity contribution is 9.10. The molecule has 0 aromatic heterocycles. The Hall–Kier alpha value is -1.03. The van der Waals surface area contributed by atoms with Crippen molar-refractivity contribution < 1.29 is 4.79 Å². The maximum atomic E-state index is 12.1. The first-order chi connectivity index (χ1) is 8.56. The number of rotatable bonds is 3. The van der Waals surface area contributed by atoms with Gasteiger partial charge in [0, 0.05) is 21.8 Å². The van der Waals surface area contributed by atoms with Gasteiger partial charge in [0.25, 0.3) is 5.91 Å². The van der Waals surface area contributed by atoms with Crippen molar-refractivity contribution in [3.63, 3.8) is 0 Å². The quantitative estimate of drug-likeness (QED) is 0.841. The lowest BCUT2D eigenvalue weighted by Crippen LogP contribution is -2.37.